The highest BCUT2D eigenvalue weighted by molar-refractivity contribution is 8.00. The standard InChI is InChI=1S/C26H27F3N8O2S/c1-24(8-11-36(12-9-24)25(15-30)16-39-17-25)33-21-7-3-6-20-22(40-26(27,28)29)19(34-37(20)21)5-4-10-31-23(38)18-13-32-35(2)14-18/h3,6-7,13-14,33H,8-12,16-17H2,1-2H3,(H,31,38). The molecule has 0 aliphatic carbocycles. The minimum absolute atomic E-state index is 0.0341. The summed E-state index contributed by atoms with van der Waals surface area (Å²) in [6.45, 7) is 4.15. The average molecular weight is 573 g/mol. The fourth-order valence-electron chi connectivity index (χ4n) is 4.81. The van der Waals surface area contributed by atoms with Crippen molar-refractivity contribution in [3.63, 3.8) is 0 Å². The number of carbonyl (C=O) groups is 1. The van der Waals surface area contributed by atoms with Crippen molar-refractivity contribution in [2.75, 3.05) is 38.2 Å². The molecule has 2 aliphatic rings. The first-order chi connectivity index (χ1) is 19.0. The average Bonchev–Trinajstić information content (AvgIpc) is 3.46. The van der Waals surface area contributed by atoms with Crippen LogP contribution in [0.1, 0.15) is 35.8 Å². The number of thioether (sulfide) groups is 1. The number of hydrogen-bond donors (Lipinski definition) is 2. The van der Waals surface area contributed by atoms with Crippen LogP contribution < -0.4 is 10.6 Å². The number of nitrogens with one attached hydrogen (secondary N) is 2. The van der Waals surface area contributed by atoms with Crippen LogP contribution in [0.15, 0.2) is 35.5 Å². The molecule has 0 radical (unpaired) electrons. The van der Waals surface area contributed by atoms with Crippen molar-refractivity contribution >= 4 is 29.0 Å². The number of fused-ring (bicyclic) bond motifs is 1. The van der Waals surface area contributed by atoms with Gasteiger partial charge in [-0.15, -0.1) is 0 Å². The molecular formula is C26H27F3N8O2S. The van der Waals surface area contributed by atoms with Crippen LogP contribution in [0.2, 0.25) is 0 Å². The van der Waals surface area contributed by atoms with Gasteiger partial charge in [-0.3, -0.25) is 14.4 Å². The van der Waals surface area contributed by atoms with E-state index in [2.05, 4.69) is 50.6 Å². The minimum Gasteiger partial charge on any atom is -0.375 e. The number of rotatable bonds is 6. The lowest BCUT2D eigenvalue weighted by molar-refractivity contribution is -0.116. The Morgan fingerprint density at radius 2 is 2.02 bits per heavy atom. The first-order valence-electron chi connectivity index (χ1n) is 12.6. The smallest absolute Gasteiger partial charge is 0.375 e. The van der Waals surface area contributed by atoms with Crippen molar-refractivity contribution in [3.8, 4) is 17.9 Å². The van der Waals surface area contributed by atoms with Crippen LogP contribution in [0.3, 0.4) is 0 Å². The summed E-state index contributed by atoms with van der Waals surface area (Å²) >= 11 is -0.265. The zero-order valence-corrected chi connectivity index (χ0v) is 22.7. The molecule has 2 fully saturated rings. The molecule has 0 aromatic carbocycles. The molecule has 0 saturated carbocycles. The van der Waals surface area contributed by atoms with Crippen molar-refractivity contribution in [2.24, 2.45) is 7.05 Å². The molecule has 0 spiro atoms. The number of halogens is 3. The predicted octanol–water partition coefficient (Wildman–Crippen LogP) is 3.02. The summed E-state index contributed by atoms with van der Waals surface area (Å²) in [7, 11) is 1.68. The van der Waals surface area contributed by atoms with Crippen LogP contribution in [0, 0.1) is 23.2 Å². The number of anilines is 1. The molecule has 2 saturated heterocycles. The molecule has 14 heteroatoms. The summed E-state index contributed by atoms with van der Waals surface area (Å²) in [6, 6.07) is 7.40. The van der Waals surface area contributed by atoms with Gasteiger partial charge >= 0.3 is 5.51 Å². The van der Waals surface area contributed by atoms with E-state index in [4.69, 9.17) is 4.74 Å². The van der Waals surface area contributed by atoms with Gasteiger partial charge in [0.15, 0.2) is 5.54 Å². The van der Waals surface area contributed by atoms with Gasteiger partial charge in [-0.05, 0) is 49.6 Å². The normalized spacial score (nSPS) is 18.3. The molecule has 10 nitrogen and oxygen atoms in total. The second kappa shape index (κ2) is 10.7. The number of nitrogens with zero attached hydrogens (tertiary/aromatic N) is 6. The maximum absolute atomic E-state index is 13.5. The molecule has 0 unspecified atom stereocenters. The van der Waals surface area contributed by atoms with E-state index in [1.165, 1.54) is 15.4 Å². The molecule has 210 valence electrons. The highest BCUT2D eigenvalue weighted by atomic mass is 32.2. The summed E-state index contributed by atoms with van der Waals surface area (Å²) < 4.78 is 48.7. The van der Waals surface area contributed by atoms with Crippen LogP contribution in [0.5, 0.6) is 0 Å². The third-order valence-corrected chi connectivity index (χ3v) is 7.97. The van der Waals surface area contributed by atoms with E-state index in [0.29, 0.717) is 37.7 Å². The number of likely N-dealkylation sites (tertiary alicyclic amines) is 1. The molecule has 40 heavy (non-hydrogen) atoms. The molecule has 3 aromatic rings. The second-order valence-electron chi connectivity index (χ2n) is 10.1. The summed E-state index contributed by atoms with van der Waals surface area (Å²) in [5.41, 5.74) is -4.89. The van der Waals surface area contributed by atoms with Crippen LogP contribution >= 0.6 is 11.8 Å². The fraction of sp³-hybridized carbons (Fsp3) is 0.462. The van der Waals surface area contributed by atoms with E-state index >= 15 is 0 Å². The van der Waals surface area contributed by atoms with Gasteiger partial charge in [0.25, 0.3) is 5.91 Å². The van der Waals surface area contributed by atoms with E-state index in [-0.39, 0.29) is 40.0 Å². The molecule has 0 bridgehead atoms. The van der Waals surface area contributed by atoms with Crippen LogP contribution in [-0.2, 0) is 11.8 Å². The Bertz CT molecular complexity index is 1520. The number of hydrogen-bond acceptors (Lipinski definition) is 8. The Balaban J connectivity index is 1.36. The van der Waals surface area contributed by atoms with Gasteiger partial charge in [-0.25, -0.2) is 4.52 Å². The number of amides is 1. The predicted molar refractivity (Wildman–Crippen MR) is 142 cm³/mol. The second-order valence-corrected chi connectivity index (χ2v) is 11.2. The number of ether oxygens (including phenoxy) is 1. The monoisotopic (exact) mass is 572 g/mol. The van der Waals surface area contributed by atoms with E-state index in [1.54, 1.807) is 31.4 Å². The molecule has 1 amide bonds. The van der Waals surface area contributed by atoms with Gasteiger partial charge in [0.2, 0.25) is 0 Å². The van der Waals surface area contributed by atoms with Gasteiger partial charge in [-0.1, -0.05) is 12.0 Å². The summed E-state index contributed by atoms with van der Waals surface area (Å²) in [5, 5.41) is 24.1. The Hall–Kier alpha value is -3.72. The van der Waals surface area contributed by atoms with E-state index < -0.39 is 17.0 Å². The van der Waals surface area contributed by atoms with Gasteiger partial charge in [0, 0.05) is 31.9 Å². The minimum atomic E-state index is -4.54. The lowest BCUT2D eigenvalue weighted by Gasteiger charge is -2.49. The van der Waals surface area contributed by atoms with Gasteiger partial charge in [-0.2, -0.15) is 28.6 Å². The number of aryl methyl sites for hydroxylation is 1. The van der Waals surface area contributed by atoms with Crippen molar-refractivity contribution in [1.29, 1.82) is 5.26 Å². The van der Waals surface area contributed by atoms with E-state index in [9.17, 15) is 23.2 Å². The Morgan fingerprint density at radius 1 is 1.27 bits per heavy atom. The van der Waals surface area contributed by atoms with Crippen LogP contribution in [0.4, 0.5) is 19.0 Å². The third-order valence-electron chi connectivity index (χ3n) is 7.13. The zero-order valence-electron chi connectivity index (χ0n) is 21.9. The number of alkyl halides is 3. The van der Waals surface area contributed by atoms with E-state index in [1.807, 2.05) is 0 Å². The number of pyridine rings is 1. The summed E-state index contributed by atoms with van der Waals surface area (Å²) in [4.78, 5) is 14.2. The molecule has 0 atom stereocenters. The first-order valence-corrected chi connectivity index (χ1v) is 13.4. The molecule has 3 aromatic heterocycles. The lowest BCUT2D eigenvalue weighted by atomic mass is 9.85. The maximum Gasteiger partial charge on any atom is 0.446 e. The van der Waals surface area contributed by atoms with Gasteiger partial charge in [0.1, 0.15) is 11.5 Å². The lowest BCUT2D eigenvalue weighted by Crippen LogP contribution is -2.64. The first kappa shape index (κ1) is 27.8. The topological polar surface area (TPSA) is 113 Å². The zero-order chi connectivity index (χ0) is 28.5. The van der Waals surface area contributed by atoms with Crippen molar-refractivity contribution < 1.29 is 22.7 Å². The Labute approximate surface area is 232 Å². The number of aromatic nitrogens is 4. The SMILES string of the molecule is Cn1cc(C(=O)NCC#Cc2nn3c(NC4(C)CCN(C5(C#N)COC5)CC4)cccc3c2SC(F)(F)F)cn1. The number of nitriles is 1. The quantitative estimate of drug-likeness (QED) is 0.343. The maximum atomic E-state index is 13.5. The summed E-state index contributed by atoms with van der Waals surface area (Å²) in [6.07, 6.45) is 4.40. The van der Waals surface area contributed by atoms with Crippen LogP contribution in [0.25, 0.3) is 5.52 Å². The molecule has 5 rings (SSSR count). The highest BCUT2D eigenvalue weighted by Gasteiger charge is 2.47. The number of carbonyl (C=O) groups excluding carboxylic acids is 1. The molecule has 2 N–H and O–H groups in total. The fourth-order valence-corrected chi connectivity index (χ4v) is 5.49. The number of piperidine rings is 1. The van der Waals surface area contributed by atoms with Gasteiger partial charge < -0.3 is 15.4 Å². The van der Waals surface area contributed by atoms with Crippen molar-refractivity contribution in [2.45, 2.75) is 41.2 Å². The molecule has 2 aliphatic heterocycles. The van der Waals surface area contributed by atoms with Crippen LogP contribution in [-0.4, -0.2) is 79.6 Å². The van der Waals surface area contributed by atoms with Gasteiger partial charge in [0.05, 0.1) is 48.0 Å². The third kappa shape index (κ3) is 5.75. The largest absolute Gasteiger partial charge is 0.446 e. The molecular weight excluding hydrogens is 545 g/mol. The highest BCUT2D eigenvalue weighted by Crippen LogP contribution is 2.41. The Kier molecular flexibility index (Phi) is 7.44. The summed E-state index contributed by atoms with van der Waals surface area (Å²) in [5.74, 6) is 5.57. The van der Waals surface area contributed by atoms with Crippen molar-refractivity contribution in [3.05, 3.63) is 41.9 Å². The Morgan fingerprint density at radius 3 is 2.62 bits per heavy atom. The van der Waals surface area contributed by atoms with E-state index in [0.717, 1.165) is 12.8 Å². The van der Waals surface area contributed by atoms with Crippen molar-refractivity contribution in [1.82, 2.24) is 29.6 Å². The molecule has 5 heterocycles.